The van der Waals surface area contributed by atoms with Crippen LogP contribution in [0.25, 0.3) is 11.5 Å². The molecule has 3 aliphatic heterocycles. The van der Waals surface area contributed by atoms with Crippen molar-refractivity contribution in [2.24, 2.45) is 18.9 Å². The number of aromatic nitrogens is 4. The molecule has 6 heterocycles. The standard InChI is InChI=1S/C23H28N6O3/c1-15-3-4-16(31-15)9-28-11-20-17(12-30)18-10-29(14-23(18,13-28)32-20)21-6-5-19(25-26-21)22-24-7-8-27(22)2/h3-8,17-18,20,30H,9-14H2,1-2H3/t17-,18+,20+,23+/m0/s1. The topological polar surface area (TPSA) is 92.7 Å². The van der Waals surface area contributed by atoms with Crippen LogP contribution in [0.1, 0.15) is 11.5 Å². The lowest BCUT2D eigenvalue weighted by Crippen LogP contribution is -2.53. The third-order valence-electron chi connectivity index (χ3n) is 7.27. The number of aliphatic hydroxyl groups excluding tert-OH is 1. The fourth-order valence-corrected chi connectivity index (χ4v) is 5.84. The maximum absolute atomic E-state index is 10.2. The first kappa shape index (κ1) is 19.9. The summed E-state index contributed by atoms with van der Waals surface area (Å²) in [6.07, 6.45) is 3.70. The van der Waals surface area contributed by atoms with Crippen LogP contribution < -0.4 is 4.90 Å². The highest BCUT2D eigenvalue weighted by atomic mass is 16.5. The average molecular weight is 437 g/mol. The Morgan fingerprint density at radius 1 is 1.16 bits per heavy atom. The number of morpholine rings is 1. The minimum atomic E-state index is -0.308. The average Bonchev–Trinajstić information content (AvgIpc) is 3.51. The number of likely N-dealkylation sites (tertiary alicyclic amines) is 1. The predicted molar refractivity (Wildman–Crippen MR) is 117 cm³/mol. The van der Waals surface area contributed by atoms with E-state index in [0.29, 0.717) is 0 Å². The van der Waals surface area contributed by atoms with Crippen LogP contribution in [0.15, 0.2) is 41.1 Å². The lowest BCUT2D eigenvalue weighted by molar-refractivity contribution is -0.113. The van der Waals surface area contributed by atoms with Gasteiger partial charge in [0.05, 0.1) is 19.2 Å². The van der Waals surface area contributed by atoms with Crippen molar-refractivity contribution in [1.29, 1.82) is 0 Å². The van der Waals surface area contributed by atoms with E-state index in [2.05, 4.69) is 25.0 Å². The number of anilines is 1. The minimum Gasteiger partial charge on any atom is -0.465 e. The quantitative estimate of drug-likeness (QED) is 0.643. The van der Waals surface area contributed by atoms with Crippen LogP contribution in [0.2, 0.25) is 0 Å². The summed E-state index contributed by atoms with van der Waals surface area (Å²) >= 11 is 0. The second kappa shape index (κ2) is 7.40. The second-order valence-electron chi connectivity index (χ2n) is 9.38. The Bertz CT molecular complexity index is 1110. The maximum atomic E-state index is 10.2. The first-order valence-electron chi connectivity index (χ1n) is 11.2. The Labute approximate surface area is 186 Å². The molecule has 3 aromatic rings. The Morgan fingerprint density at radius 2 is 2.06 bits per heavy atom. The summed E-state index contributed by atoms with van der Waals surface area (Å²) in [7, 11) is 1.94. The number of nitrogens with zero attached hydrogens (tertiary/aromatic N) is 6. The highest BCUT2D eigenvalue weighted by molar-refractivity contribution is 5.52. The molecule has 4 atom stereocenters. The first-order valence-corrected chi connectivity index (χ1v) is 11.2. The minimum absolute atomic E-state index is 0.0498. The van der Waals surface area contributed by atoms with Crippen LogP contribution in [0.5, 0.6) is 0 Å². The molecule has 3 saturated heterocycles. The number of aryl methyl sites for hydroxylation is 2. The Balaban J connectivity index is 1.23. The van der Waals surface area contributed by atoms with Crippen molar-refractivity contribution in [1.82, 2.24) is 24.6 Å². The molecule has 0 amide bonds. The summed E-state index contributed by atoms with van der Waals surface area (Å²) in [5.74, 6) is 3.92. The van der Waals surface area contributed by atoms with Gasteiger partial charge in [-0.25, -0.2) is 4.98 Å². The summed E-state index contributed by atoms with van der Waals surface area (Å²) in [6.45, 7) is 6.07. The highest BCUT2D eigenvalue weighted by Crippen LogP contribution is 2.49. The normalized spacial score (nSPS) is 29.6. The third kappa shape index (κ3) is 3.15. The number of furan rings is 1. The summed E-state index contributed by atoms with van der Waals surface area (Å²) in [4.78, 5) is 9.01. The molecule has 1 spiro atoms. The van der Waals surface area contributed by atoms with E-state index in [1.807, 2.05) is 49.0 Å². The fraction of sp³-hybridized carbons (Fsp3) is 0.522. The van der Waals surface area contributed by atoms with E-state index in [-0.39, 0.29) is 30.1 Å². The van der Waals surface area contributed by atoms with E-state index >= 15 is 0 Å². The molecule has 168 valence electrons. The molecule has 9 heteroatoms. The van der Waals surface area contributed by atoms with E-state index < -0.39 is 0 Å². The van der Waals surface area contributed by atoms with E-state index in [9.17, 15) is 5.11 Å². The molecule has 6 rings (SSSR count). The van der Waals surface area contributed by atoms with Crippen LogP contribution in [-0.4, -0.2) is 74.2 Å². The largest absolute Gasteiger partial charge is 0.465 e. The van der Waals surface area contributed by atoms with Crippen molar-refractivity contribution >= 4 is 5.82 Å². The van der Waals surface area contributed by atoms with E-state index in [1.165, 1.54) is 0 Å². The molecule has 1 N–H and O–H groups in total. The number of ether oxygens (including phenoxy) is 1. The summed E-state index contributed by atoms with van der Waals surface area (Å²) < 4.78 is 14.3. The third-order valence-corrected chi connectivity index (χ3v) is 7.27. The molecule has 3 aromatic heterocycles. The molecule has 9 nitrogen and oxygen atoms in total. The molecule has 0 aromatic carbocycles. The Hall–Kier alpha value is -2.75. The van der Waals surface area contributed by atoms with Gasteiger partial charge < -0.3 is 23.7 Å². The van der Waals surface area contributed by atoms with Gasteiger partial charge in [-0.3, -0.25) is 4.90 Å². The molecule has 3 fully saturated rings. The zero-order chi connectivity index (χ0) is 21.9. The van der Waals surface area contributed by atoms with Crippen LogP contribution in [0.3, 0.4) is 0 Å². The zero-order valence-electron chi connectivity index (χ0n) is 18.4. The molecular weight excluding hydrogens is 408 g/mol. The van der Waals surface area contributed by atoms with Gasteiger partial charge in [0, 0.05) is 57.5 Å². The monoisotopic (exact) mass is 436 g/mol. The molecule has 0 aliphatic carbocycles. The van der Waals surface area contributed by atoms with Gasteiger partial charge in [0.25, 0.3) is 0 Å². The predicted octanol–water partition coefficient (Wildman–Crippen LogP) is 1.48. The van der Waals surface area contributed by atoms with Crippen molar-refractivity contribution in [3.8, 4) is 11.5 Å². The summed E-state index contributed by atoms with van der Waals surface area (Å²) in [6, 6.07) is 8.03. The Kier molecular flexibility index (Phi) is 4.60. The maximum Gasteiger partial charge on any atom is 0.160 e. The smallest absolute Gasteiger partial charge is 0.160 e. The second-order valence-corrected chi connectivity index (χ2v) is 9.38. The van der Waals surface area contributed by atoms with Gasteiger partial charge in [0.1, 0.15) is 22.8 Å². The number of hydrogen-bond donors (Lipinski definition) is 1. The SMILES string of the molecule is Cc1ccc(CN2C[C@H]3O[C@]4(C2)CN(c2ccc(-c5nccn5C)nn2)C[C@@H]4[C@@H]3CO)o1. The van der Waals surface area contributed by atoms with E-state index in [0.717, 1.165) is 61.6 Å². The van der Waals surface area contributed by atoms with E-state index in [4.69, 9.17) is 9.15 Å². The van der Waals surface area contributed by atoms with Gasteiger partial charge in [-0.15, -0.1) is 10.2 Å². The van der Waals surface area contributed by atoms with Gasteiger partial charge in [0.2, 0.25) is 0 Å². The van der Waals surface area contributed by atoms with Gasteiger partial charge in [-0.1, -0.05) is 0 Å². The molecule has 32 heavy (non-hydrogen) atoms. The summed E-state index contributed by atoms with van der Waals surface area (Å²) in [5, 5.41) is 19.1. The lowest BCUT2D eigenvalue weighted by atomic mass is 9.83. The van der Waals surface area contributed by atoms with Crippen molar-refractivity contribution in [3.05, 3.63) is 48.2 Å². The van der Waals surface area contributed by atoms with Crippen molar-refractivity contribution < 1.29 is 14.3 Å². The highest BCUT2D eigenvalue weighted by Gasteiger charge is 2.62. The number of hydrogen-bond acceptors (Lipinski definition) is 8. The lowest BCUT2D eigenvalue weighted by Gasteiger charge is -2.40. The molecule has 3 aliphatic rings. The van der Waals surface area contributed by atoms with Gasteiger partial charge in [0.15, 0.2) is 11.6 Å². The first-order chi connectivity index (χ1) is 15.5. The van der Waals surface area contributed by atoms with Crippen LogP contribution in [0, 0.1) is 18.8 Å². The fourth-order valence-electron chi connectivity index (χ4n) is 5.84. The van der Waals surface area contributed by atoms with Crippen LogP contribution >= 0.6 is 0 Å². The molecule has 0 saturated carbocycles. The molecular formula is C23H28N6O3. The molecule has 0 radical (unpaired) electrons. The Morgan fingerprint density at radius 3 is 2.75 bits per heavy atom. The number of aliphatic hydroxyl groups is 1. The number of fused-ring (bicyclic) bond motifs is 1. The van der Waals surface area contributed by atoms with Crippen molar-refractivity contribution in [2.75, 3.05) is 37.7 Å². The zero-order valence-corrected chi connectivity index (χ0v) is 18.4. The van der Waals surface area contributed by atoms with E-state index in [1.54, 1.807) is 6.20 Å². The van der Waals surface area contributed by atoms with Crippen molar-refractivity contribution in [3.63, 3.8) is 0 Å². The van der Waals surface area contributed by atoms with Gasteiger partial charge in [-0.2, -0.15) is 0 Å². The molecule has 0 unspecified atom stereocenters. The van der Waals surface area contributed by atoms with Gasteiger partial charge >= 0.3 is 0 Å². The van der Waals surface area contributed by atoms with Crippen molar-refractivity contribution in [2.45, 2.75) is 25.2 Å². The number of rotatable bonds is 5. The summed E-state index contributed by atoms with van der Waals surface area (Å²) in [5.41, 5.74) is 0.443. The van der Waals surface area contributed by atoms with Gasteiger partial charge in [-0.05, 0) is 31.2 Å². The van der Waals surface area contributed by atoms with Crippen LogP contribution in [0.4, 0.5) is 5.82 Å². The van der Waals surface area contributed by atoms with Crippen LogP contribution in [-0.2, 0) is 18.3 Å². The number of imidazole rings is 1. The molecule has 2 bridgehead atoms.